The van der Waals surface area contributed by atoms with Crippen LogP contribution in [-0.4, -0.2) is 55.0 Å². The van der Waals surface area contributed by atoms with E-state index in [4.69, 9.17) is 0 Å². The Morgan fingerprint density at radius 2 is 2.09 bits per heavy atom. The predicted octanol–water partition coefficient (Wildman–Crippen LogP) is 2.01. The summed E-state index contributed by atoms with van der Waals surface area (Å²) in [5.74, 6) is 0.696. The Hall–Kier alpha value is -1.02. The van der Waals surface area contributed by atoms with Gasteiger partial charge in [-0.15, -0.1) is 0 Å². The fourth-order valence-electron chi connectivity index (χ4n) is 1.89. The van der Waals surface area contributed by atoms with E-state index in [-0.39, 0.29) is 6.54 Å². The van der Waals surface area contributed by atoms with Crippen molar-refractivity contribution in [2.45, 2.75) is 32.1 Å². The van der Waals surface area contributed by atoms with Crippen molar-refractivity contribution < 1.29 is 8.42 Å². The summed E-state index contributed by atoms with van der Waals surface area (Å²) in [5, 5.41) is 3.21. The van der Waals surface area contributed by atoms with E-state index in [2.05, 4.69) is 32.3 Å². The first kappa shape index (κ1) is 20.0. The van der Waals surface area contributed by atoms with Gasteiger partial charge >= 0.3 is 0 Å². The van der Waals surface area contributed by atoms with E-state index in [1.54, 1.807) is 13.8 Å². The minimum absolute atomic E-state index is 0.218. The summed E-state index contributed by atoms with van der Waals surface area (Å²) >= 11 is 3.47. The van der Waals surface area contributed by atoms with E-state index < -0.39 is 14.6 Å². The molecule has 23 heavy (non-hydrogen) atoms. The van der Waals surface area contributed by atoms with Crippen LogP contribution >= 0.6 is 15.9 Å². The zero-order valence-corrected chi connectivity index (χ0v) is 17.1. The Kier molecular flexibility index (Phi) is 6.70. The molecule has 6 nitrogen and oxygen atoms in total. The molecule has 1 heterocycles. The molecule has 1 N–H and O–H groups in total. The molecule has 0 amide bonds. The molecule has 0 saturated carbocycles. The number of hydrogen-bond donors (Lipinski definition) is 1. The van der Waals surface area contributed by atoms with Crippen LogP contribution in [0.3, 0.4) is 0 Å². The average molecular weight is 407 g/mol. The van der Waals surface area contributed by atoms with Gasteiger partial charge in [-0.05, 0) is 42.8 Å². The van der Waals surface area contributed by atoms with Gasteiger partial charge in [-0.2, -0.15) is 0 Å². The second-order valence-electron chi connectivity index (χ2n) is 6.32. The molecule has 0 aliphatic rings. The number of halogens is 1. The SMILES string of the molecule is CCNC(=NCC(C)(C)S(C)(=O)=O)N(C)Cc1cc(Br)cn1C. The minimum atomic E-state index is -3.16. The van der Waals surface area contributed by atoms with E-state index in [1.807, 2.05) is 36.7 Å². The molecule has 0 unspecified atom stereocenters. The van der Waals surface area contributed by atoms with Gasteiger partial charge < -0.3 is 14.8 Å². The lowest BCUT2D eigenvalue weighted by Crippen LogP contribution is -2.41. The Balaban J connectivity index is 2.92. The van der Waals surface area contributed by atoms with Crippen LogP contribution < -0.4 is 5.32 Å². The van der Waals surface area contributed by atoms with Gasteiger partial charge in [-0.1, -0.05) is 0 Å². The van der Waals surface area contributed by atoms with Crippen LogP contribution in [0.25, 0.3) is 0 Å². The minimum Gasteiger partial charge on any atom is -0.357 e. The van der Waals surface area contributed by atoms with Crippen LogP contribution in [0.15, 0.2) is 21.7 Å². The van der Waals surface area contributed by atoms with E-state index in [0.29, 0.717) is 12.5 Å². The van der Waals surface area contributed by atoms with Crippen molar-refractivity contribution in [3.05, 3.63) is 22.4 Å². The highest BCUT2D eigenvalue weighted by Crippen LogP contribution is 2.17. The van der Waals surface area contributed by atoms with Gasteiger partial charge in [0.2, 0.25) is 0 Å². The van der Waals surface area contributed by atoms with Crippen LogP contribution in [0.2, 0.25) is 0 Å². The number of aromatic nitrogens is 1. The summed E-state index contributed by atoms with van der Waals surface area (Å²) in [6.45, 7) is 7.00. The first-order valence-electron chi connectivity index (χ1n) is 7.47. The van der Waals surface area contributed by atoms with Crippen molar-refractivity contribution in [3.8, 4) is 0 Å². The second kappa shape index (κ2) is 7.70. The average Bonchev–Trinajstić information content (AvgIpc) is 2.71. The maximum absolute atomic E-state index is 11.8. The maximum Gasteiger partial charge on any atom is 0.194 e. The van der Waals surface area contributed by atoms with Gasteiger partial charge in [0.15, 0.2) is 15.8 Å². The molecule has 0 spiro atoms. The summed E-state index contributed by atoms with van der Waals surface area (Å²) in [5.41, 5.74) is 1.13. The fraction of sp³-hybridized carbons (Fsp3) is 0.667. The summed E-state index contributed by atoms with van der Waals surface area (Å²) in [4.78, 5) is 6.51. The molecule has 8 heteroatoms. The number of guanidine groups is 1. The van der Waals surface area contributed by atoms with E-state index in [0.717, 1.165) is 16.7 Å². The molecule has 0 aliphatic carbocycles. The van der Waals surface area contributed by atoms with Crippen LogP contribution in [0.5, 0.6) is 0 Å². The second-order valence-corrected chi connectivity index (χ2v) is 9.88. The first-order valence-corrected chi connectivity index (χ1v) is 10.2. The zero-order valence-electron chi connectivity index (χ0n) is 14.7. The molecular weight excluding hydrogens is 380 g/mol. The van der Waals surface area contributed by atoms with Crippen molar-refractivity contribution in [1.82, 2.24) is 14.8 Å². The Bertz CT molecular complexity index is 665. The van der Waals surface area contributed by atoms with Crippen molar-refractivity contribution >= 4 is 31.7 Å². The van der Waals surface area contributed by atoms with Crippen molar-refractivity contribution in [2.75, 3.05) is 26.4 Å². The van der Waals surface area contributed by atoms with Crippen molar-refractivity contribution in [3.63, 3.8) is 0 Å². The third-order valence-corrected chi connectivity index (χ3v) is 6.35. The number of nitrogens with one attached hydrogen (secondary N) is 1. The highest BCUT2D eigenvalue weighted by molar-refractivity contribution is 9.10. The van der Waals surface area contributed by atoms with Crippen LogP contribution in [0, 0.1) is 0 Å². The lowest BCUT2D eigenvalue weighted by atomic mass is 10.2. The topological polar surface area (TPSA) is 66.7 Å². The molecule has 0 saturated heterocycles. The van der Waals surface area contributed by atoms with Crippen LogP contribution in [-0.2, 0) is 23.4 Å². The molecule has 1 aromatic rings. The smallest absolute Gasteiger partial charge is 0.194 e. The Labute approximate surface area is 148 Å². The molecule has 0 atom stereocenters. The molecule has 0 aromatic carbocycles. The van der Waals surface area contributed by atoms with Gasteiger partial charge in [-0.25, -0.2) is 8.42 Å². The molecular formula is C15H27BrN4O2S. The standard InChI is InChI=1S/C15H27BrN4O2S/c1-7-17-14(18-11-15(2,3)23(6,21)22)20(5)10-13-8-12(16)9-19(13)4/h8-9H,7,10-11H2,1-6H3,(H,17,18). The van der Waals surface area contributed by atoms with E-state index >= 15 is 0 Å². The largest absolute Gasteiger partial charge is 0.357 e. The van der Waals surface area contributed by atoms with Crippen molar-refractivity contribution in [2.24, 2.45) is 12.0 Å². The van der Waals surface area contributed by atoms with Gasteiger partial charge in [0.25, 0.3) is 0 Å². The highest BCUT2D eigenvalue weighted by Gasteiger charge is 2.30. The third-order valence-electron chi connectivity index (χ3n) is 3.78. The third kappa shape index (κ3) is 5.53. The van der Waals surface area contributed by atoms with E-state index in [9.17, 15) is 8.42 Å². The summed E-state index contributed by atoms with van der Waals surface area (Å²) < 4.78 is 25.8. The quantitative estimate of drug-likeness (QED) is 0.579. The molecule has 0 fully saturated rings. The van der Waals surface area contributed by atoms with Gasteiger partial charge in [0.05, 0.1) is 17.8 Å². The Morgan fingerprint density at radius 1 is 1.48 bits per heavy atom. The highest BCUT2D eigenvalue weighted by atomic mass is 79.9. The zero-order chi connectivity index (χ0) is 17.8. The number of aliphatic imine (C=N–C) groups is 1. The molecule has 1 rings (SSSR count). The molecule has 0 radical (unpaired) electrons. The molecule has 0 bridgehead atoms. The molecule has 132 valence electrons. The van der Waals surface area contributed by atoms with Crippen LogP contribution in [0.1, 0.15) is 26.5 Å². The Morgan fingerprint density at radius 3 is 2.52 bits per heavy atom. The number of nitrogens with zero attached hydrogens (tertiary/aromatic N) is 3. The fourth-order valence-corrected chi connectivity index (χ4v) is 2.76. The van der Waals surface area contributed by atoms with E-state index in [1.165, 1.54) is 6.26 Å². The number of hydrogen-bond acceptors (Lipinski definition) is 3. The summed E-state index contributed by atoms with van der Waals surface area (Å²) in [7, 11) is 0.767. The lowest BCUT2D eigenvalue weighted by molar-refractivity contribution is 0.459. The lowest BCUT2D eigenvalue weighted by Gasteiger charge is -2.25. The number of aryl methyl sites for hydroxylation is 1. The van der Waals surface area contributed by atoms with Gasteiger partial charge in [0, 0.05) is 43.3 Å². The van der Waals surface area contributed by atoms with Gasteiger partial charge in [-0.3, -0.25) is 4.99 Å². The van der Waals surface area contributed by atoms with Crippen molar-refractivity contribution in [1.29, 1.82) is 0 Å². The van der Waals surface area contributed by atoms with Crippen LogP contribution in [0.4, 0.5) is 0 Å². The monoisotopic (exact) mass is 406 g/mol. The number of rotatable bonds is 6. The molecule has 0 aliphatic heterocycles. The van der Waals surface area contributed by atoms with Gasteiger partial charge in [0.1, 0.15) is 0 Å². The first-order chi connectivity index (χ1) is 10.5. The number of sulfone groups is 1. The molecule has 1 aromatic heterocycles. The summed E-state index contributed by atoms with van der Waals surface area (Å²) in [6.07, 6.45) is 3.25. The predicted molar refractivity (Wildman–Crippen MR) is 99.5 cm³/mol. The normalized spacial score (nSPS) is 13.3. The maximum atomic E-state index is 11.8. The summed E-state index contributed by atoms with van der Waals surface area (Å²) in [6, 6.07) is 2.06.